The summed E-state index contributed by atoms with van der Waals surface area (Å²) in [5, 5.41) is 0.180. The van der Waals surface area contributed by atoms with E-state index in [0.29, 0.717) is 5.92 Å². The molecule has 0 N–H and O–H groups in total. The summed E-state index contributed by atoms with van der Waals surface area (Å²) in [5.74, 6) is 2.50. The average Bonchev–Trinajstić information content (AvgIpc) is 2.87. The van der Waals surface area contributed by atoms with Crippen LogP contribution in [0.1, 0.15) is 43.7 Å². The van der Waals surface area contributed by atoms with Gasteiger partial charge in [0.15, 0.2) is 0 Å². The molecular weight excluding hydrogens is 232 g/mol. The first-order valence-corrected chi connectivity index (χ1v) is 6.86. The summed E-state index contributed by atoms with van der Waals surface area (Å²) >= 11 is 6.53. The fourth-order valence-corrected chi connectivity index (χ4v) is 3.29. The lowest BCUT2D eigenvalue weighted by Gasteiger charge is -2.16. The summed E-state index contributed by atoms with van der Waals surface area (Å²) in [4.78, 5) is 0. The Kier molecular flexibility index (Phi) is 2.45. The number of hydrogen-bond acceptors (Lipinski definition) is 1. The molecule has 0 saturated heterocycles. The number of alkyl halides is 1. The number of hydrogen-bond donors (Lipinski definition) is 0. The molecule has 1 fully saturated rings. The second-order valence-electron chi connectivity index (χ2n) is 6.18. The molecule has 2 heteroatoms. The van der Waals surface area contributed by atoms with Crippen molar-refractivity contribution in [1.29, 1.82) is 0 Å². The first kappa shape index (κ1) is 11.4. The fourth-order valence-electron chi connectivity index (χ4n) is 2.81. The molecular formula is C15H19ClO. The maximum absolute atomic E-state index is 6.53. The minimum absolute atomic E-state index is 0.0599. The summed E-state index contributed by atoms with van der Waals surface area (Å²) < 4.78 is 5.88. The van der Waals surface area contributed by atoms with E-state index in [1.165, 1.54) is 17.5 Å². The summed E-state index contributed by atoms with van der Waals surface area (Å²) in [5.41, 5.74) is 2.52. The predicted molar refractivity (Wildman–Crippen MR) is 70.7 cm³/mol. The SMILES string of the molecule is CC1CC1C(Cl)c1ccc2c(c1)CC(C)(C)O2. The Morgan fingerprint density at radius 2 is 2.12 bits per heavy atom. The average molecular weight is 251 g/mol. The number of benzene rings is 1. The molecule has 92 valence electrons. The van der Waals surface area contributed by atoms with Gasteiger partial charge < -0.3 is 4.74 Å². The summed E-state index contributed by atoms with van der Waals surface area (Å²) in [6.45, 7) is 6.54. The van der Waals surface area contributed by atoms with Gasteiger partial charge in [0, 0.05) is 6.42 Å². The highest BCUT2D eigenvalue weighted by Gasteiger charge is 2.40. The summed E-state index contributed by atoms with van der Waals surface area (Å²) in [7, 11) is 0. The van der Waals surface area contributed by atoms with Gasteiger partial charge in [-0.3, -0.25) is 0 Å². The van der Waals surface area contributed by atoms with Gasteiger partial charge in [0.05, 0.1) is 5.38 Å². The normalized spacial score (nSPS) is 30.6. The van der Waals surface area contributed by atoms with Gasteiger partial charge in [-0.25, -0.2) is 0 Å². The van der Waals surface area contributed by atoms with Crippen LogP contribution in [0.3, 0.4) is 0 Å². The standard InChI is InChI=1S/C15H19ClO/c1-9-6-12(9)14(16)10-4-5-13-11(7-10)8-15(2,3)17-13/h4-5,7,9,12,14H,6,8H2,1-3H3. The van der Waals surface area contributed by atoms with Gasteiger partial charge in [0.25, 0.3) is 0 Å². The fraction of sp³-hybridized carbons (Fsp3) is 0.600. The van der Waals surface area contributed by atoms with Gasteiger partial charge in [-0.1, -0.05) is 19.1 Å². The first-order chi connectivity index (χ1) is 7.96. The Hall–Kier alpha value is -0.690. The molecule has 1 nitrogen and oxygen atoms in total. The van der Waals surface area contributed by atoms with E-state index in [1.807, 2.05) is 0 Å². The predicted octanol–water partition coefficient (Wildman–Crippen LogP) is 4.34. The Morgan fingerprint density at radius 1 is 1.41 bits per heavy atom. The number of halogens is 1. The zero-order valence-corrected chi connectivity index (χ0v) is 11.4. The molecule has 1 saturated carbocycles. The Balaban J connectivity index is 1.85. The molecule has 3 unspecified atom stereocenters. The molecule has 1 aliphatic heterocycles. The molecule has 17 heavy (non-hydrogen) atoms. The van der Waals surface area contributed by atoms with Crippen LogP contribution in [0.25, 0.3) is 0 Å². The summed E-state index contributed by atoms with van der Waals surface area (Å²) in [6.07, 6.45) is 2.26. The van der Waals surface area contributed by atoms with E-state index in [-0.39, 0.29) is 11.0 Å². The van der Waals surface area contributed by atoms with Crippen LogP contribution in [0.2, 0.25) is 0 Å². The Morgan fingerprint density at radius 3 is 2.76 bits per heavy atom. The topological polar surface area (TPSA) is 9.23 Å². The van der Waals surface area contributed by atoms with Crippen molar-refractivity contribution in [2.75, 3.05) is 0 Å². The number of fused-ring (bicyclic) bond motifs is 1. The molecule has 3 rings (SSSR count). The van der Waals surface area contributed by atoms with Crippen LogP contribution >= 0.6 is 11.6 Å². The van der Waals surface area contributed by atoms with E-state index in [9.17, 15) is 0 Å². The van der Waals surface area contributed by atoms with Crippen molar-refractivity contribution < 1.29 is 4.74 Å². The van der Waals surface area contributed by atoms with Gasteiger partial charge in [0.2, 0.25) is 0 Å². The van der Waals surface area contributed by atoms with Crippen LogP contribution in [0, 0.1) is 11.8 Å². The van der Waals surface area contributed by atoms with Crippen LogP contribution < -0.4 is 4.74 Å². The lowest BCUT2D eigenvalue weighted by atomic mass is 9.98. The van der Waals surface area contributed by atoms with E-state index in [4.69, 9.17) is 16.3 Å². The zero-order valence-electron chi connectivity index (χ0n) is 10.7. The molecule has 3 atom stereocenters. The maximum Gasteiger partial charge on any atom is 0.123 e. The van der Waals surface area contributed by atoms with E-state index in [1.54, 1.807) is 0 Å². The maximum atomic E-state index is 6.53. The number of ether oxygens (including phenoxy) is 1. The second-order valence-corrected chi connectivity index (χ2v) is 6.65. The second kappa shape index (κ2) is 3.65. The minimum atomic E-state index is -0.0599. The largest absolute Gasteiger partial charge is 0.487 e. The van der Waals surface area contributed by atoms with Gasteiger partial charge >= 0.3 is 0 Å². The van der Waals surface area contributed by atoms with Crippen molar-refractivity contribution in [3.8, 4) is 5.75 Å². The third-order valence-corrected chi connectivity index (χ3v) is 4.53. The van der Waals surface area contributed by atoms with Crippen molar-refractivity contribution >= 4 is 11.6 Å². The molecule has 1 aromatic rings. The Labute approximate surface area is 108 Å². The molecule has 1 heterocycles. The van der Waals surface area contributed by atoms with Crippen molar-refractivity contribution in [2.45, 2.75) is 44.6 Å². The highest BCUT2D eigenvalue weighted by atomic mass is 35.5. The molecule has 1 aromatic carbocycles. The highest BCUT2D eigenvalue weighted by molar-refractivity contribution is 6.21. The van der Waals surface area contributed by atoms with Gasteiger partial charge in [0.1, 0.15) is 11.4 Å². The third-order valence-electron chi connectivity index (χ3n) is 3.95. The molecule has 1 aliphatic carbocycles. The van der Waals surface area contributed by atoms with Crippen molar-refractivity contribution in [2.24, 2.45) is 11.8 Å². The van der Waals surface area contributed by atoms with Crippen molar-refractivity contribution in [1.82, 2.24) is 0 Å². The Bertz CT molecular complexity index is 452. The molecule has 0 spiro atoms. The van der Waals surface area contributed by atoms with Gasteiger partial charge in [-0.15, -0.1) is 11.6 Å². The van der Waals surface area contributed by atoms with Gasteiger partial charge in [-0.05, 0) is 49.3 Å². The van der Waals surface area contributed by atoms with Crippen molar-refractivity contribution in [3.63, 3.8) is 0 Å². The monoisotopic (exact) mass is 250 g/mol. The van der Waals surface area contributed by atoms with Crippen LogP contribution in [0.15, 0.2) is 18.2 Å². The first-order valence-electron chi connectivity index (χ1n) is 6.42. The van der Waals surface area contributed by atoms with Crippen LogP contribution in [0.5, 0.6) is 5.75 Å². The van der Waals surface area contributed by atoms with Crippen LogP contribution in [-0.4, -0.2) is 5.60 Å². The van der Waals surface area contributed by atoms with E-state index in [0.717, 1.165) is 18.1 Å². The zero-order chi connectivity index (χ0) is 12.2. The van der Waals surface area contributed by atoms with Gasteiger partial charge in [-0.2, -0.15) is 0 Å². The molecule has 0 radical (unpaired) electrons. The third kappa shape index (κ3) is 2.06. The van der Waals surface area contributed by atoms with Crippen LogP contribution in [-0.2, 0) is 6.42 Å². The van der Waals surface area contributed by atoms with E-state index >= 15 is 0 Å². The molecule has 0 bridgehead atoms. The minimum Gasteiger partial charge on any atom is -0.487 e. The molecule has 0 aromatic heterocycles. The lowest BCUT2D eigenvalue weighted by Crippen LogP contribution is -2.24. The quantitative estimate of drug-likeness (QED) is 0.710. The lowest BCUT2D eigenvalue weighted by molar-refractivity contribution is 0.138. The van der Waals surface area contributed by atoms with E-state index < -0.39 is 0 Å². The number of rotatable bonds is 2. The highest BCUT2D eigenvalue weighted by Crippen LogP contribution is 2.51. The van der Waals surface area contributed by atoms with Crippen molar-refractivity contribution in [3.05, 3.63) is 29.3 Å². The van der Waals surface area contributed by atoms with Crippen LogP contribution in [0.4, 0.5) is 0 Å². The molecule has 0 amide bonds. The smallest absolute Gasteiger partial charge is 0.123 e. The van der Waals surface area contributed by atoms with E-state index in [2.05, 4.69) is 39.0 Å². The molecule has 2 aliphatic rings. The summed E-state index contributed by atoms with van der Waals surface area (Å²) in [6, 6.07) is 6.46.